The first-order chi connectivity index (χ1) is 30.1. The van der Waals surface area contributed by atoms with Crippen molar-refractivity contribution >= 4 is 29.4 Å². The van der Waals surface area contributed by atoms with E-state index in [0.29, 0.717) is 56.9 Å². The Labute approximate surface area is 381 Å². The molecular weight excluding hydrogens is 823 g/mol. The van der Waals surface area contributed by atoms with Gasteiger partial charge in [0, 0.05) is 52.0 Å². The van der Waals surface area contributed by atoms with Gasteiger partial charge in [-0.25, -0.2) is 4.79 Å². The predicted octanol–water partition coefficient (Wildman–Crippen LogP) is 6.63. The van der Waals surface area contributed by atoms with Crippen LogP contribution in [0.1, 0.15) is 132 Å². The van der Waals surface area contributed by atoms with Crippen LogP contribution in [0, 0.1) is 35.0 Å². The molecule has 3 heterocycles. The van der Waals surface area contributed by atoms with Crippen molar-refractivity contribution in [3.8, 4) is 0 Å². The Morgan fingerprint density at radius 2 is 1.59 bits per heavy atom. The van der Waals surface area contributed by atoms with Crippen LogP contribution in [-0.2, 0) is 52.4 Å². The van der Waals surface area contributed by atoms with Crippen LogP contribution in [0.4, 0.5) is 0 Å². The van der Waals surface area contributed by atoms with E-state index in [4.69, 9.17) is 28.4 Å². The fourth-order valence-electron chi connectivity index (χ4n) is 10.2. The van der Waals surface area contributed by atoms with E-state index < -0.39 is 83.9 Å². The summed E-state index contributed by atoms with van der Waals surface area (Å²) in [6, 6.07) is -1.17. The van der Waals surface area contributed by atoms with E-state index in [2.05, 4.69) is 6.58 Å². The highest BCUT2D eigenvalue weighted by molar-refractivity contribution is 6.39. The van der Waals surface area contributed by atoms with E-state index in [1.165, 1.54) is 19.1 Å². The second kappa shape index (κ2) is 23.5. The Bertz CT molecular complexity index is 1700. The monoisotopic (exact) mass is 902 g/mol. The van der Waals surface area contributed by atoms with Crippen LogP contribution in [0.2, 0.25) is 0 Å². The maximum Gasteiger partial charge on any atom is 0.329 e. The average molecular weight is 902 g/mol. The van der Waals surface area contributed by atoms with Gasteiger partial charge in [-0.3, -0.25) is 19.2 Å². The molecule has 3 aliphatic heterocycles. The molecule has 2 saturated heterocycles. The molecule has 14 heteroatoms. The maximum atomic E-state index is 14.5. The molecule has 2 bridgehead atoms. The number of ketones is 2. The fourth-order valence-corrected chi connectivity index (χ4v) is 10.2. The molecule has 1 amide bonds. The Hall–Kier alpha value is -3.27. The average Bonchev–Trinajstić information content (AvgIpc) is 3.23. The molecule has 64 heavy (non-hydrogen) atoms. The smallest absolute Gasteiger partial charge is 0.329 e. The number of esters is 2. The summed E-state index contributed by atoms with van der Waals surface area (Å²) in [5, 5.41) is 24.0. The number of rotatable bonds is 9. The summed E-state index contributed by atoms with van der Waals surface area (Å²) in [6.45, 7) is 19.1. The topological polar surface area (TPSA) is 184 Å². The SMILES string of the molecule is C=CC[C@@H]1/C=C(\C)C[C@H](C)C[C@H](OC)[C@H]2O[C@@](O)(C(=O)C(=O)N3CCCC[C@H]3C(=O)O[C@H](/C(C)=C/[C@@H]3CC[C@@H](OC(=O)CC(C)(C)C)[C@H](OC)C3)[C@H](C)[C@@H](O)CC1=O)[C@H](C)C[C@@H]2OC. The lowest BCUT2D eigenvalue weighted by Crippen LogP contribution is -2.64. The highest BCUT2D eigenvalue weighted by Gasteiger charge is 2.56. The van der Waals surface area contributed by atoms with Gasteiger partial charge in [0.15, 0.2) is 0 Å². The largest absolute Gasteiger partial charge is 0.460 e. The minimum absolute atomic E-state index is 0.00298. The number of ether oxygens (including phenoxy) is 6. The van der Waals surface area contributed by atoms with Crippen LogP contribution < -0.4 is 0 Å². The molecule has 0 aromatic heterocycles. The zero-order valence-electron chi connectivity index (χ0n) is 40.5. The third kappa shape index (κ3) is 13.7. The second-order valence-corrected chi connectivity index (χ2v) is 20.5. The van der Waals surface area contributed by atoms with Crippen LogP contribution in [0.5, 0.6) is 0 Å². The minimum atomic E-state index is -2.53. The predicted molar refractivity (Wildman–Crippen MR) is 241 cm³/mol. The van der Waals surface area contributed by atoms with E-state index in [1.54, 1.807) is 27.0 Å². The van der Waals surface area contributed by atoms with Gasteiger partial charge in [0.2, 0.25) is 5.79 Å². The van der Waals surface area contributed by atoms with Gasteiger partial charge in [0.25, 0.3) is 11.7 Å². The number of carbonyl (C=O) groups is 5. The van der Waals surface area contributed by atoms with Crippen LogP contribution in [-0.4, -0.2) is 127 Å². The van der Waals surface area contributed by atoms with E-state index in [1.807, 2.05) is 53.7 Å². The number of piperidine rings is 1. The van der Waals surface area contributed by atoms with Crippen LogP contribution in [0.15, 0.2) is 36.0 Å². The van der Waals surface area contributed by atoms with Crippen molar-refractivity contribution in [3.63, 3.8) is 0 Å². The molecule has 14 atom stereocenters. The first-order valence-corrected chi connectivity index (χ1v) is 23.5. The third-order valence-electron chi connectivity index (χ3n) is 13.8. The quantitative estimate of drug-likeness (QED) is 0.143. The third-order valence-corrected chi connectivity index (χ3v) is 13.8. The molecule has 0 unspecified atom stereocenters. The summed E-state index contributed by atoms with van der Waals surface area (Å²) in [4.78, 5) is 71.1. The lowest BCUT2D eigenvalue weighted by molar-refractivity contribution is -0.302. The molecular formula is C50H79NO13. The molecule has 14 nitrogen and oxygen atoms in total. The zero-order chi connectivity index (χ0) is 47.7. The van der Waals surface area contributed by atoms with Crippen LogP contribution in [0.25, 0.3) is 0 Å². The molecule has 0 aromatic carbocycles. The first kappa shape index (κ1) is 53.3. The minimum Gasteiger partial charge on any atom is -0.460 e. The molecule has 0 radical (unpaired) electrons. The van der Waals surface area contributed by atoms with Gasteiger partial charge in [-0.2, -0.15) is 0 Å². The molecule has 2 N–H and O–H groups in total. The summed E-state index contributed by atoms with van der Waals surface area (Å²) >= 11 is 0. The number of carbonyl (C=O) groups excluding carboxylic acids is 5. The molecule has 4 rings (SSSR count). The Morgan fingerprint density at radius 3 is 2.22 bits per heavy atom. The van der Waals surface area contributed by atoms with Crippen molar-refractivity contribution in [3.05, 3.63) is 36.0 Å². The summed E-state index contributed by atoms with van der Waals surface area (Å²) < 4.78 is 36.1. The number of hydrogen-bond acceptors (Lipinski definition) is 13. The summed E-state index contributed by atoms with van der Waals surface area (Å²) in [6.07, 6.45) is 5.15. The number of methoxy groups -OCH3 is 3. The van der Waals surface area contributed by atoms with Gasteiger partial charge in [-0.05, 0) is 101 Å². The van der Waals surface area contributed by atoms with Crippen molar-refractivity contribution in [2.24, 2.45) is 35.0 Å². The normalized spacial score (nSPS) is 38.0. The highest BCUT2D eigenvalue weighted by Crippen LogP contribution is 2.39. The molecule has 362 valence electrons. The van der Waals surface area contributed by atoms with Crippen LogP contribution >= 0.6 is 0 Å². The molecule has 4 aliphatic rings. The van der Waals surface area contributed by atoms with E-state index in [9.17, 15) is 34.2 Å². The number of amides is 1. The molecule has 3 fully saturated rings. The molecule has 1 aliphatic carbocycles. The van der Waals surface area contributed by atoms with E-state index in [-0.39, 0.29) is 67.3 Å². The maximum absolute atomic E-state index is 14.5. The van der Waals surface area contributed by atoms with Gasteiger partial charge in [0.1, 0.15) is 30.1 Å². The summed E-state index contributed by atoms with van der Waals surface area (Å²) in [5.74, 6) is -8.23. The number of cyclic esters (lactones) is 1. The number of Topliss-reactive ketones (excluding diaryl/α,β-unsaturated/α-hetero) is 2. The molecule has 0 aromatic rings. The number of nitrogens with zero attached hydrogens (tertiary/aromatic N) is 1. The van der Waals surface area contributed by atoms with Crippen molar-refractivity contribution in [1.82, 2.24) is 4.90 Å². The Balaban J connectivity index is 1.74. The number of aliphatic hydroxyl groups excluding tert-OH is 1. The molecule has 0 spiro atoms. The first-order valence-electron chi connectivity index (χ1n) is 23.5. The van der Waals surface area contributed by atoms with Gasteiger partial charge >= 0.3 is 11.9 Å². The second-order valence-electron chi connectivity index (χ2n) is 20.5. The Kier molecular flexibility index (Phi) is 19.5. The molecule has 1 saturated carbocycles. The van der Waals surface area contributed by atoms with Gasteiger partial charge < -0.3 is 43.5 Å². The van der Waals surface area contributed by atoms with Crippen LogP contribution in [0.3, 0.4) is 0 Å². The van der Waals surface area contributed by atoms with Crippen molar-refractivity contribution in [2.45, 2.75) is 187 Å². The number of fused-ring (bicyclic) bond motifs is 3. The summed E-state index contributed by atoms with van der Waals surface area (Å²) in [5.41, 5.74) is 1.36. The van der Waals surface area contributed by atoms with Crippen molar-refractivity contribution in [2.75, 3.05) is 27.9 Å². The number of allylic oxidation sites excluding steroid dienone is 4. The van der Waals surface area contributed by atoms with Gasteiger partial charge in [0.05, 0.1) is 30.8 Å². The van der Waals surface area contributed by atoms with Crippen molar-refractivity contribution in [1.29, 1.82) is 0 Å². The summed E-state index contributed by atoms with van der Waals surface area (Å²) in [7, 11) is 4.64. The van der Waals surface area contributed by atoms with Gasteiger partial charge in [-0.15, -0.1) is 6.58 Å². The van der Waals surface area contributed by atoms with E-state index >= 15 is 0 Å². The van der Waals surface area contributed by atoms with Gasteiger partial charge in [-0.1, -0.05) is 65.3 Å². The lowest BCUT2D eigenvalue weighted by atomic mass is 9.81. The highest BCUT2D eigenvalue weighted by atomic mass is 16.7. The number of aliphatic hydroxyl groups is 2. The lowest BCUT2D eigenvalue weighted by Gasteiger charge is -2.47. The van der Waals surface area contributed by atoms with Crippen molar-refractivity contribution < 1.29 is 62.6 Å². The standard InChI is InChI=1S/C50H79NO13/c1-13-16-35-22-29(2)21-30(3)23-41(60-11)45-42(61-12)25-32(5)50(58,64-45)46(55)47(56)51-20-15-14-17-36(51)48(57)63-44(33(6)37(52)27-38(35)53)31(4)24-34-18-19-39(40(26-34)59-10)62-43(54)28-49(7,8)9/h13,22,24,30,32-37,39-42,44-45,52,58H,1,14-21,23,25-28H2,2-12H3/b29-22+,31-24+/t30-,32+,33+,34-,35+,36-,37-,39+,40+,41-,42-,44+,45+,50+/m0/s1. The Morgan fingerprint density at radius 1 is 0.938 bits per heavy atom. The van der Waals surface area contributed by atoms with E-state index in [0.717, 1.165) is 5.57 Å². The fraction of sp³-hybridized carbons (Fsp3) is 0.780. The number of hydrogen-bond donors (Lipinski definition) is 2. The zero-order valence-corrected chi connectivity index (χ0v) is 40.5.